The fourth-order valence-electron chi connectivity index (χ4n) is 2.68. The van der Waals surface area contributed by atoms with E-state index in [0.29, 0.717) is 5.92 Å². The predicted molar refractivity (Wildman–Crippen MR) is 84.4 cm³/mol. The number of hydrogen-bond donors (Lipinski definition) is 1. The van der Waals surface area contributed by atoms with E-state index < -0.39 is 0 Å². The first-order chi connectivity index (χ1) is 9.85. The Balaban J connectivity index is 1.94. The minimum atomic E-state index is 0.231. The SMILES string of the molecule is COCCNCC1CCCOC1c1ccc(SC)cc1. The third-order valence-electron chi connectivity index (χ3n) is 3.78. The van der Waals surface area contributed by atoms with Gasteiger partial charge in [0, 0.05) is 37.6 Å². The van der Waals surface area contributed by atoms with Gasteiger partial charge in [0.25, 0.3) is 0 Å². The Morgan fingerprint density at radius 3 is 2.85 bits per heavy atom. The molecule has 2 rings (SSSR count). The quantitative estimate of drug-likeness (QED) is 0.618. The van der Waals surface area contributed by atoms with Crippen molar-refractivity contribution in [3.8, 4) is 0 Å². The van der Waals surface area contributed by atoms with Crippen molar-refractivity contribution in [2.24, 2.45) is 5.92 Å². The zero-order chi connectivity index (χ0) is 14.2. The molecule has 1 aliphatic rings. The van der Waals surface area contributed by atoms with Gasteiger partial charge in [0.2, 0.25) is 0 Å². The van der Waals surface area contributed by atoms with Gasteiger partial charge in [-0.3, -0.25) is 0 Å². The Bertz CT molecular complexity index is 383. The van der Waals surface area contributed by atoms with Crippen LogP contribution in [0.15, 0.2) is 29.2 Å². The van der Waals surface area contributed by atoms with E-state index in [0.717, 1.165) is 32.7 Å². The summed E-state index contributed by atoms with van der Waals surface area (Å²) in [4.78, 5) is 1.30. The van der Waals surface area contributed by atoms with Crippen molar-refractivity contribution >= 4 is 11.8 Å². The van der Waals surface area contributed by atoms with E-state index in [2.05, 4.69) is 35.8 Å². The van der Waals surface area contributed by atoms with Crippen LogP contribution in [0.5, 0.6) is 0 Å². The molecule has 3 nitrogen and oxygen atoms in total. The lowest BCUT2D eigenvalue weighted by Crippen LogP contribution is -2.33. The number of ether oxygens (including phenoxy) is 2. The fourth-order valence-corrected chi connectivity index (χ4v) is 3.08. The molecule has 2 atom stereocenters. The molecule has 1 aromatic carbocycles. The van der Waals surface area contributed by atoms with Crippen molar-refractivity contribution in [1.82, 2.24) is 5.32 Å². The summed E-state index contributed by atoms with van der Waals surface area (Å²) < 4.78 is 11.1. The van der Waals surface area contributed by atoms with E-state index in [1.165, 1.54) is 16.9 Å². The van der Waals surface area contributed by atoms with Gasteiger partial charge in [-0.15, -0.1) is 11.8 Å². The van der Waals surface area contributed by atoms with Crippen LogP contribution < -0.4 is 5.32 Å². The van der Waals surface area contributed by atoms with Crippen LogP contribution in [0.2, 0.25) is 0 Å². The molecule has 1 fully saturated rings. The molecule has 0 aromatic heterocycles. The molecular weight excluding hydrogens is 270 g/mol. The molecule has 20 heavy (non-hydrogen) atoms. The lowest BCUT2D eigenvalue weighted by molar-refractivity contribution is -0.0280. The Kier molecular flexibility index (Phi) is 6.87. The third kappa shape index (κ3) is 4.48. The van der Waals surface area contributed by atoms with Crippen molar-refractivity contribution in [3.05, 3.63) is 29.8 Å². The molecule has 0 amide bonds. The summed E-state index contributed by atoms with van der Waals surface area (Å²) in [5.74, 6) is 0.556. The molecule has 0 saturated carbocycles. The van der Waals surface area contributed by atoms with E-state index in [1.54, 1.807) is 18.9 Å². The Labute approximate surface area is 126 Å². The largest absolute Gasteiger partial charge is 0.383 e. The topological polar surface area (TPSA) is 30.5 Å². The van der Waals surface area contributed by atoms with E-state index in [-0.39, 0.29) is 6.10 Å². The molecule has 0 radical (unpaired) electrons. The molecule has 1 saturated heterocycles. The number of methoxy groups -OCH3 is 1. The average Bonchev–Trinajstić information content (AvgIpc) is 2.52. The maximum absolute atomic E-state index is 6.03. The normalized spacial score (nSPS) is 22.9. The number of nitrogens with one attached hydrogen (secondary N) is 1. The van der Waals surface area contributed by atoms with Crippen LogP contribution in [0.3, 0.4) is 0 Å². The van der Waals surface area contributed by atoms with Crippen LogP contribution in [-0.2, 0) is 9.47 Å². The van der Waals surface area contributed by atoms with Crippen molar-refractivity contribution in [2.45, 2.75) is 23.8 Å². The lowest BCUT2D eigenvalue weighted by atomic mass is 9.89. The van der Waals surface area contributed by atoms with Gasteiger partial charge in [0.1, 0.15) is 0 Å². The van der Waals surface area contributed by atoms with Crippen molar-refractivity contribution in [1.29, 1.82) is 0 Å². The van der Waals surface area contributed by atoms with Crippen LogP contribution in [0.1, 0.15) is 24.5 Å². The Morgan fingerprint density at radius 1 is 1.35 bits per heavy atom. The maximum atomic E-state index is 6.03. The van der Waals surface area contributed by atoms with Gasteiger partial charge in [-0.2, -0.15) is 0 Å². The first kappa shape index (κ1) is 15.8. The zero-order valence-electron chi connectivity index (χ0n) is 12.4. The van der Waals surface area contributed by atoms with Crippen molar-refractivity contribution in [3.63, 3.8) is 0 Å². The number of hydrogen-bond acceptors (Lipinski definition) is 4. The van der Waals surface area contributed by atoms with Crippen LogP contribution in [-0.4, -0.2) is 39.7 Å². The summed E-state index contributed by atoms with van der Waals surface area (Å²) in [6.45, 7) is 3.55. The number of benzene rings is 1. The standard InChI is InChI=1S/C16H25NO2S/c1-18-11-9-17-12-14-4-3-10-19-16(14)13-5-7-15(20-2)8-6-13/h5-8,14,16-17H,3-4,9-12H2,1-2H3. The van der Waals surface area contributed by atoms with Gasteiger partial charge in [0.15, 0.2) is 0 Å². The summed E-state index contributed by atoms with van der Waals surface area (Å²) >= 11 is 1.78. The highest BCUT2D eigenvalue weighted by atomic mass is 32.2. The number of thioether (sulfide) groups is 1. The summed E-state index contributed by atoms with van der Waals surface area (Å²) in [6.07, 6.45) is 4.73. The molecule has 1 heterocycles. The molecule has 1 N–H and O–H groups in total. The molecule has 1 aromatic rings. The van der Waals surface area contributed by atoms with Crippen molar-refractivity contribution < 1.29 is 9.47 Å². The van der Waals surface area contributed by atoms with Crippen LogP contribution in [0.25, 0.3) is 0 Å². The van der Waals surface area contributed by atoms with Crippen molar-refractivity contribution in [2.75, 3.05) is 39.7 Å². The summed E-state index contributed by atoms with van der Waals surface area (Å²) in [6, 6.07) is 8.80. The Hall–Kier alpha value is -0.550. The molecular formula is C16H25NO2S. The van der Waals surface area contributed by atoms with Gasteiger partial charge in [-0.25, -0.2) is 0 Å². The van der Waals surface area contributed by atoms with Gasteiger partial charge in [0.05, 0.1) is 12.7 Å². The first-order valence-corrected chi connectivity index (χ1v) is 8.53. The van der Waals surface area contributed by atoms with Crippen LogP contribution in [0.4, 0.5) is 0 Å². The highest BCUT2D eigenvalue weighted by Gasteiger charge is 2.26. The van der Waals surface area contributed by atoms with E-state index in [4.69, 9.17) is 9.47 Å². The second-order valence-electron chi connectivity index (χ2n) is 5.16. The minimum absolute atomic E-state index is 0.231. The van der Waals surface area contributed by atoms with Gasteiger partial charge in [-0.05, 0) is 36.8 Å². The summed E-state index contributed by atoms with van der Waals surface area (Å²) in [5, 5.41) is 3.47. The van der Waals surface area contributed by atoms with Gasteiger partial charge >= 0.3 is 0 Å². The average molecular weight is 295 g/mol. The maximum Gasteiger partial charge on any atom is 0.0865 e. The Morgan fingerprint density at radius 2 is 2.15 bits per heavy atom. The zero-order valence-corrected chi connectivity index (χ0v) is 13.2. The third-order valence-corrected chi connectivity index (χ3v) is 4.52. The van der Waals surface area contributed by atoms with E-state index in [1.807, 2.05) is 0 Å². The molecule has 2 unspecified atom stereocenters. The highest BCUT2D eigenvalue weighted by molar-refractivity contribution is 7.98. The monoisotopic (exact) mass is 295 g/mol. The van der Waals surface area contributed by atoms with E-state index in [9.17, 15) is 0 Å². The molecule has 0 bridgehead atoms. The minimum Gasteiger partial charge on any atom is -0.383 e. The number of rotatable bonds is 7. The predicted octanol–water partition coefficient (Wildman–Crippen LogP) is 3.11. The van der Waals surface area contributed by atoms with Crippen LogP contribution >= 0.6 is 11.8 Å². The second-order valence-corrected chi connectivity index (χ2v) is 6.04. The fraction of sp³-hybridized carbons (Fsp3) is 0.625. The highest BCUT2D eigenvalue weighted by Crippen LogP contribution is 2.33. The van der Waals surface area contributed by atoms with Gasteiger partial charge in [-0.1, -0.05) is 12.1 Å². The summed E-state index contributed by atoms with van der Waals surface area (Å²) in [7, 11) is 1.74. The molecule has 0 spiro atoms. The van der Waals surface area contributed by atoms with E-state index >= 15 is 0 Å². The molecule has 0 aliphatic carbocycles. The van der Waals surface area contributed by atoms with Crippen LogP contribution in [0, 0.1) is 5.92 Å². The molecule has 112 valence electrons. The molecule has 4 heteroatoms. The first-order valence-electron chi connectivity index (χ1n) is 7.30. The smallest absolute Gasteiger partial charge is 0.0865 e. The lowest BCUT2D eigenvalue weighted by Gasteiger charge is -2.32. The van der Waals surface area contributed by atoms with Gasteiger partial charge < -0.3 is 14.8 Å². The molecule has 1 aliphatic heterocycles. The summed E-state index contributed by atoms with van der Waals surface area (Å²) in [5.41, 5.74) is 1.31. The second kappa shape index (κ2) is 8.67.